The molecule has 26 heavy (non-hydrogen) atoms. The number of nitrogens with one attached hydrogen (secondary N) is 1. The van der Waals surface area contributed by atoms with Crippen molar-refractivity contribution >= 4 is 23.0 Å². The summed E-state index contributed by atoms with van der Waals surface area (Å²) in [4.78, 5) is 8.54. The van der Waals surface area contributed by atoms with Crippen molar-refractivity contribution in [1.82, 2.24) is 4.90 Å². The van der Waals surface area contributed by atoms with Crippen LogP contribution in [0.2, 0.25) is 0 Å². The van der Waals surface area contributed by atoms with E-state index in [1.54, 1.807) is 18.4 Å². The van der Waals surface area contributed by atoms with Gasteiger partial charge in [-0.2, -0.15) is 0 Å². The van der Waals surface area contributed by atoms with E-state index in [2.05, 4.69) is 39.6 Å². The van der Waals surface area contributed by atoms with E-state index in [-0.39, 0.29) is 0 Å². The van der Waals surface area contributed by atoms with Gasteiger partial charge in [-0.3, -0.25) is 9.89 Å². The molecule has 1 aromatic heterocycles. The second kappa shape index (κ2) is 9.05. The topological polar surface area (TPSA) is 62.9 Å². The molecule has 0 spiro atoms. The van der Waals surface area contributed by atoms with E-state index in [0.29, 0.717) is 18.5 Å². The first-order valence-corrected chi connectivity index (χ1v) is 10.0. The Morgan fingerprint density at radius 3 is 2.65 bits per heavy atom. The van der Waals surface area contributed by atoms with E-state index in [1.807, 2.05) is 24.3 Å². The van der Waals surface area contributed by atoms with Gasteiger partial charge in [-0.15, -0.1) is 11.3 Å². The van der Waals surface area contributed by atoms with Gasteiger partial charge in [0.2, 0.25) is 0 Å². The molecule has 1 aromatic carbocycles. The molecule has 1 fully saturated rings. The van der Waals surface area contributed by atoms with Crippen LogP contribution in [0.25, 0.3) is 0 Å². The molecule has 140 valence electrons. The number of anilines is 1. The van der Waals surface area contributed by atoms with Gasteiger partial charge >= 0.3 is 0 Å². The number of hydrogen-bond donors (Lipinski definition) is 2. The number of piperidine rings is 1. The molecule has 0 amide bonds. The summed E-state index contributed by atoms with van der Waals surface area (Å²) in [5.74, 6) is 2.09. The molecule has 2 heterocycles. The van der Waals surface area contributed by atoms with Gasteiger partial charge in [0.1, 0.15) is 5.75 Å². The second-order valence-corrected chi connectivity index (χ2v) is 7.81. The molecule has 2 aromatic rings. The molecule has 1 unspecified atom stereocenters. The maximum Gasteiger partial charge on any atom is 0.193 e. The normalized spacial score (nSPS) is 17.8. The van der Waals surface area contributed by atoms with Gasteiger partial charge in [0.05, 0.1) is 19.7 Å². The predicted octanol–water partition coefficient (Wildman–Crippen LogP) is 3.96. The number of nitrogens with two attached hydrogens (primary N) is 1. The standard InChI is InChI=1S/C20H28N4OS/c1-15-9-11-24(12-10-15)18(19-4-3-13-26-19)14-22-20(21)23-16-5-7-17(25-2)8-6-16/h3-8,13,15,18H,9-12,14H2,1-2H3,(H3,21,22,23). The number of ether oxygens (including phenoxy) is 1. The lowest BCUT2D eigenvalue weighted by Crippen LogP contribution is -2.37. The molecule has 1 aliphatic heterocycles. The summed E-state index contributed by atoms with van der Waals surface area (Å²) in [7, 11) is 1.66. The summed E-state index contributed by atoms with van der Waals surface area (Å²) in [5.41, 5.74) is 7.03. The maximum atomic E-state index is 6.12. The highest BCUT2D eigenvalue weighted by Gasteiger charge is 2.25. The molecule has 3 rings (SSSR count). The van der Waals surface area contributed by atoms with Gasteiger partial charge < -0.3 is 15.8 Å². The summed E-state index contributed by atoms with van der Waals surface area (Å²) >= 11 is 1.80. The average Bonchev–Trinajstić information content (AvgIpc) is 3.18. The Labute approximate surface area is 159 Å². The minimum Gasteiger partial charge on any atom is -0.497 e. The highest BCUT2D eigenvalue weighted by atomic mass is 32.1. The van der Waals surface area contributed by atoms with Crippen LogP contribution in [-0.2, 0) is 0 Å². The number of methoxy groups -OCH3 is 1. The third kappa shape index (κ3) is 4.99. The van der Waals surface area contributed by atoms with E-state index < -0.39 is 0 Å². The van der Waals surface area contributed by atoms with Crippen molar-refractivity contribution in [3.8, 4) is 5.75 Å². The van der Waals surface area contributed by atoms with Crippen LogP contribution in [0, 0.1) is 5.92 Å². The fourth-order valence-electron chi connectivity index (χ4n) is 3.25. The molecule has 6 heteroatoms. The van der Waals surface area contributed by atoms with Crippen LogP contribution in [0.15, 0.2) is 46.8 Å². The summed E-state index contributed by atoms with van der Waals surface area (Å²) in [6.07, 6.45) is 2.51. The molecule has 0 bridgehead atoms. The lowest BCUT2D eigenvalue weighted by Gasteiger charge is -2.35. The molecule has 1 aliphatic rings. The Morgan fingerprint density at radius 1 is 1.31 bits per heavy atom. The zero-order valence-corrected chi connectivity index (χ0v) is 16.3. The number of aliphatic imine (C=N–C) groups is 1. The molecule has 1 saturated heterocycles. The number of thiophene rings is 1. The molecule has 1 atom stereocenters. The van der Waals surface area contributed by atoms with Gasteiger partial charge in [-0.1, -0.05) is 13.0 Å². The van der Waals surface area contributed by atoms with E-state index in [9.17, 15) is 0 Å². The zero-order chi connectivity index (χ0) is 18.4. The Bertz CT molecular complexity index is 691. The number of rotatable bonds is 6. The Balaban J connectivity index is 1.64. The van der Waals surface area contributed by atoms with Crippen molar-refractivity contribution in [3.05, 3.63) is 46.7 Å². The summed E-state index contributed by atoms with van der Waals surface area (Å²) in [5, 5.41) is 5.30. The molecule has 5 nitrogen and oxygen atoms in total. The molecule has 0 radical (unpaired) electrons. The van der Waals surface area contributed by atoms with E-state index in [1.165, 1.54) is 17.7 Å². The highest BCUT2D eigenvalue weighted by molar-refractivity contribution is 7.10. The first kappa shape index (κ1) is 18.7. The minimum absolute atomic E-state index is 0.304. The third-order valence-electron chi connectivity index (χ3n) is 4.93. The van der Waals surface area contributed by atoms with Gasteiger partial charge in [0, 0.05) is 10.6 Å². The minimum atomic E-state index is 0.304. The number of likely N-dealkylation sites (tertiary alicyclic amines) is 1. The van der Waals surface area contributed by atoms with Crippen LogP contribution < -0.4 is 15.8 Å². The molecular weight excluding hydrogens is 344 g/mol. The lowest BCUT2D eigenvalue weighted by molar-refractivity contribution is 0.143. The quantitative estimate of drug-likeness (QED) is 0.595. The predicted molar refractivity (Wildman–Crippen MR) is 110 cm³/mol. The molecule has 0 saturated carbocycles. The number of guanidine groups is 1. The van der Waals surface area contributed by atoms with Crippen LogP contribution in [0.1, 0.15) is 30.7 Å². The molecular formula is C20H28N4OS. The van der Waals surface area contributed by atoms with E-state index in [4.69, 9.17) is 10.5 Å². The van der Waals surface area contributed by atoms with Crippen LogP contribution in [0.4, 0.5) is 5.69 Å². The van der Waals surface area contributed by atoms with Crippen molar-refractivity contribution in [1.29, 1.82) is 0 Å². The zero-order valence-electron chi connectivity index (χ0n) is 15.5. The number of benzene rings is 1. The van der Waals surface area contributed by atoms with Gasteiger partial charge in [-0.25, -0.2) is 0 Å². The average molecular weight is 373 g/mol. The van der Waals surface area contributed by atoms with Crippen LogP contribution in [0.3, 0.4) is 0 Å². The Kier molecular flexibility index (Phi) is 6.52. The maximum absolute atomic E-state index is 6.12. The van der Waals surface area contributed by atoms with Crippen molar-refractivity contribution in [2.75, 3.05) is 32.1 Å². The summed E-state index contributed by atoms with van der Waals surface area (Å²) in [6.45, 7) is 5.27. The Morgan fingerprint density at radius 2 is 2.04 bits per heavy atom. The fraction of sp³-hybridized carbons (Fsp3) is 0.450. The largest absolute Gasteiger partial charge is 0.497 e. The lowest BCUT2D eigenvalue weighted by atomic mass is 9.97. The summed E-state index contributed by atoms with van der Waals surface area (Å²) < 4.78 is 5.18. The van der Waals surface area contributed by atoms with Crippen molar-refractivity contribution in [2.24, 2.45) is 16.6 Å². The molecule has 0 aliphatic carbocycles. The SMILES string of the molecule is COc1ccc(NC(N)=NCC(c2cccs2)N2CCC(C)CC2)cc1. The second-order valence-electron chi connectivity index (χ2n) is 6.83. The van der Waals surface area contributed by atoms with Crippen LogP contribution >= 0.6 is 11.3 Å². The van der Waals surface area contributed by atoms with E-state index in [0.717, 1.165) is 30.4 Å². The van der Waals surface area contributed by atoms with Crippen LogP contribution in [-0.4, -0.2) is 37.6 Å². The third-order valence-corrected chi connectivity index (χ3v) is 5.90. The fourth-order valence-corrected chi connectivity index (χ4v) is 4.11. The van der Waals surface area contributed by atoms with Crippen molar-refractivity contribution < 1.29 is 4.74 Å². The first-order chi connectivity index (χ1) is 12.7. The number of nitrogens with zero attached hydrogens (tertiary/aromatic N) is 2. The van der Waals surface area contributed by atoms with E-state index >= 15 is 0 Å². The number of hydrogen-bond acceptors (Lipinski definition) is 4. The first-order valence-electron chi connectivity index (χ1n) is 9.14. The monoisotopic (exact) mass is 372 g/mol. The molecule has 3 N–H and O–H groups in total. The smallest absolute Gasteiger partial charge is 0.193 e. The van der Waals surface area contributed by atoms with Crippen LogP contribution in [0.5, 0.6) is 5.75 Å². The summed E-state index contributed by atoms with van der Waals surface area (Å²) in [6, 6.07) is 12.3. The van der Waals surface area contributed by atoms with Gasteiger partial charge in [0.15, 0.2) is 5.96 Å². The highest BCUT2D eigenvalue weighted by Crippen LogP contribution is 2.29. The van der Waals surface area contributed by atoms with Gasteiger partial charge in [-0.05, 0) is 67.6 Å². The van der Waals surface area contributed by atoms with Crippen molar-refractivity contribution in [2.45, 2.75) is 25.8 Å². The van der Waals surface area contributed by atoms with Gasteiger partial charge in [0.25, 0.3) is 0 Å². The Hall–Kier alpha value is -2.05. The van der Waals surface area contributed by atoms with Crippen molar-refractivity contribution in [3.63, 3.8) is 0 Å².